The number of aryl methyl sites for hydroxylation is 1. The Hall–Kier alpha value is -0.670. The molecule has 0 saturated carbocycles. The zero-order valence-electron chi connectivity index (χ0n) is 9.03. The van der Waals surface area contributed by atoms with Gasteiger partial charge in [-0.05, 0) is 36.6 Å². The number of hydrogen-bond acceptors (Lipinski definition) is 3. The largest absolute Gasteiger partial charge is 0.465 e. The number of halogens is 1. The summed E-state index contributed by atoms with van der Waals surface area (Å²) in [6.07, 6.45) is 2.04. The number of hydrogen-bond donors (Lipinski definition) is 0. The van der Waals surface area contributed by atoms with Crippen LogP contribution in [-0.2, 0) is 16.0 Å². The van der Waals surface area contributed by atoms with Crippen LogP contribution >= 0.6 is 23.4 Å². The van der Waals surface area contributed by atoms with Gasteiger partial charge < -0.3 is 4.74 Å². The van der Waals surface area contributed by atoms with Crippen LogP contribution in [-0.4, -0.2) is 17.8 Å². The molecule has 0 amide bonds. The second-order valence-electron chi connectivity index (χ2n) is 3.83. The van der Waals surface area contributed by atoms with Crippen LogP contribution in [0, 0.1) is 0 Å². The molecule has 1 aliphatic rings. The third kappa shape index (κ3) is 2.92. The lowest BCUT2D eigenvalue weighted by molar-refractivity contribution is -0.140. The number of ether oxygens (including phenoxy) is 1. The van der Waals surface area contributed by atoms with Gasteiger partial charge >= 0.3 is 5.97 Å². The van der Waals surface area contributed by atoms with Crippen LogP contribution in [0.4, 0.5) is 0 Å². The Morgan fingerprint density at radius 3 is 3.19 bits per heavy atom. The van der Waals surface area contributed by atoms with Crippen molar-refractivity contribution in [3.63, 3.8) is 0 Å². The van der Waals surface area contributed by atoms with Crippen molar-refractivity contribution >= 4 is 29.3 Å². The molecule has 1 unspecified atom stereocenters. The van der Waals surface area contributed by atoms with Gasteiger partial charge in [-0.1, -0.05) is 11.6 Å². The van der Waals surface area contributed by atoms with Gasteiger partial charge in [-0.2, -0.15) is 0 Å². The van der Waals surface area contributed by atoms with E-state index in [-0.39, 0.29) is 5.97 Å². The van der Waals surface area contributed by atoms with Crippen molar-refractivity contribution in [2.45, 2.75) is 29.9 Å². The summed E-state index contributed by atoms with van der Waals surface area (Å²) in [5, 5.41) is 1.16. The van der Waals surface area contributed by atoms with E-state index in [1.54, 1.807) is 11.8 Å². The molecule has 0 fully saturated rings. The fourth-order valence-corrected chi connectivity index (χ4v) is 3.13. The van der Waals surface area contributed by atoms with Gasteiger partial charge in [0.25, 0.3) is 0 Å². The van der Waals surface area contributed by atoms with E-state index in [0.29, 0.717) is 11.9 Å². The van der Waals surface area contributed by atoms with Gasteiger partial charge in [-0.25, -0.2) is 0 Å². The monoisotopic (exact) mass is 256 g/mol. The average Bonchev–Trinajstić information content (AvgIpc) is 2.26. The maximum absolute atomic E-state index is 10.7. The summed E-state index contributed by atoms with van der Waals surface area (Å²) < 4.78 is 5.03. The fourth-order valence-electron chi connectivity index (χ4n) is 1.74. The highest BCUT2D eigenvalue weighted by atomic mass is 35.5. The SMILES string of the molecule is CC(=O)OCC1CCc2cc(Cl)ccc2S1. The summed E-state index contributed by atoms with van der Waals surface area (Å²) in [7, 11) is 0. The molecule has 86 valence electrons. The van der Waals surface area contributed by atoms with Crippen LogP contribution in [0.1, 0.15) is 18.9 Å². The summed E-state index contributed by atoms with van der Waals surface area (Å²) in [5.41, 5.74) is 1.30. The highest BCUT2D eigenvalue weighted by molar-refractivity contribution is 8.00. The molecule has 0 saturated heterocycles. The molecule has 0 aliphatic carbocycles. The minimum Gasteiger partial charge on any atom is -0.465 e. The van der Waals surface area contributed by atoms with Crippen LogP contribution in [0.5, 0.6) is 0 Å². The lowest BCUT2D eigenvalue weighted by Crippen LogP contribution is -2.18. The number of esters is 1. The smallest absolute Gasteiger partial charge is 0.302 e. The minimum atomic E-state index is -0.206. The maximum atomic E-state index is 10.7. The van der Waals surface area contributed by atoms with Crippen molar-refractivity contribution in [1.82, 2.24) is 0 Å². The van der Waals surface area contributed by atoms with E-state index in [2.05, 4.69) is 0 Å². The number of benzene rings is 1. The first kappa shape index (κ1) is 11.8. The van der Waals surface area contributed by atoms with Crippen LogP contribution in [0.2, 0.25) is 5.02 Å². The Bertz CT molecular complexity index is 406. The number of fused-ring (bicyclic) bond motifs is 1. The third-order valence-electron chi connectivity index (χ3n) is 2.52. The van der Waals surface area contributed by atoms with E-state index in [0.717, 1.165) is 17.9 Å². The van der Waals surface area contributed by atoms with Crippen molar-refractivity contribution in [2.75, 3.05) is 6.61 Å². The second-order valence-corrected chi connectivity index (χ2v) is 5.61. The van der Waals surface area contributed by atoms with E-state index in [1.807, 2.05) is 18.2 Å². The number of rotatable bonds is 2. The van der Waals surface area contributed by atoms with Crippen molar-refractivity contribution in [3.8, 4) is 0 Å². The van der Waals surface area contributed by atoms with Crippen LogP contribution in [0.3, 0.4) is 0 Å². The predicted octanol–water partition coefficient (Wildman–Crippen LogP) is 3.31. The number of carbonyl (C=O) groups is 1. The normalized spacial score (nSPS) is 19.0. The summed E-state index contributed by atoms with van der Waals surface area (Å²) in [6.45, 7) is 1.95. The fraction of sp³-hybridized carbons (Fsp3) is 0.417. The van der Waals surface area contributed by atoms with Crippen LogP contribution < -0.4 is 0 Å². The topological polar surface area (TPSA) is 26.3 Å². The minimum absolute atomic E-state index is 0.206. The molecular weight excluding hydrogens is 244 g/mol. The molecule has 0 bridgehead atoms. The zero-order valence-corrected chi connectivity index (χ0v) is 10.6. The molecule has 1 aromatic rings. The van der Waals surface area contributed by atoms with Crippen molar-refractivity contribution in [1.29, 1.82) is 0 Å². The van der Waals surface area contributed by atoms with Gasteiger partial charge in [0.05, 0.1) is 0 Å². The summed E-state index contributed by atoms with van der Waals surface area (Å²) >= 11 is 7.71. The molecule has 1 atom stereocenters. The Morgan fingerprint density at radius 1 is 1.62 bits per heavy atom. The molecule has 1 heterocycles. The molecule has 4 heteroatoms. The van der Waals surface area contributed by atoms with Gasteiger partial charge in [-0.3, -0.25) is 4.79 Å². The molecule has 0 spiro atoms. The summed E-state index contributed by atoms with van der Waals surface area (Å²) in [6, 6.07) is 5.97. The van der Waals surface area contributed by atoms with Crippen molar-refractivity contribution in [3.05, 3.63) is 28.8 Å². The molecule has 1 aliphatic heterocycles. The van der Waals surface area contributed by atoms with Crippen LogP contribution in [0.15, 0.2) is 23.1 Å². The Morgan fingerprint density at radius 2 is 2.44 bits per heavy atom. The first-order valence-corrected chi connectivity index (χ1v) is 6.49. The molecule has 1 aromatic carbocycles. The van der Waals surface area contributed by atoms with Gasteiger partial charge in [0.15, 0.2) is 0 Å². The van der Waals surface area contributed by atoms with E-state index in [4.69, 9.17) is 16.3 Å². The predicted molar refractivity (Wildman–Crippen MR) is 66.1 cm³/mol. The Kier molecular flexibility index (Phi) is 3.77. The molecule has 2 rings (SSSR count). The molecule has 16 heavy (non-hydrogen) atoms. The van der Waals surface area contributed by atoms with E-state index in [1.165, 1.54) is 17.4 Å². The Balaban J connectivity index is 2.01. The molecule has 0 aromatic heterocycles. The zero-order chi connectivity index (χ0) is 11.5. The third-order valence-corrected chi connectivity index (χ3v) is 4.12. The lowest BCUT2D eigenvalue weighted by atomic mass is 10.1. The quantitative estimate of drug-likeness (QED) is 0.760. The van der Waals surface area contributed by atoms with Crippen LogP contribution in [0.25, 0.3) is 0 Å². The van der Waals surface area contributed by atoms with Gasteiger partial charge in [-0.15, -0.1) is 11.8 Å². The van der Waals surface area contributed by atoms with Gasteiger partial charge in [0.2, 0.25) is 0 Å². The average molecular weight is 257 g/mol. The maximum Gasteiger partial charge on any atom is 0.302 e. The first-order chi connectivity index (χ1) is 7.65. The van der Waals surface area contributed by atoms with Crippen molar-refractivity contribution in [2.24, 2.45) is 0 Å². The molecule has 0 radical (unpaired) electrons. The number of thioether (sulfide) groups is 1. The summed E-state index contributed by atoms with van der Waals surface area (Å²) in [5.74, 6) is -0.206. The second kappa shape index (κ2) is 5.11. The Labute approximate surface area is 104 Å². The van der Waals surface area contributed by atoms with Gasteiger partial charge in [0.1, 0.15) is 6.61 Å². The first-order valence-electron chi connectivity index (χ1n) is 5.23. The standard InChI is InChI=1S/C12H13ClO2S/c1-8(14)15-7-11-4-2-9-6-10(13)3-5-12(9)16-11/h3,5-6,11H,2,4,7H2,1H3. The molecular formula is C12H13ClO2S. The van der Waals surface area contributed by atoms with Crippen molar-refractivity contribution < 1.29 is 9.53 Å². The van der Waals surface area contributed by atoms with E-state index >= 15 is 0 Å². The highest BCUT2D eigenvalue weighted by Gasteiger charge is 2.20. The molecule has 2 nitrogen and oxygen atoms in total. The van der Waals surface area contributed by atoms with E-state index < -0.39 is 0 Å². The summed E-state index contributed by atoms with van der Waals surface area (Å²) in [4.78, 5) is 12.0. The lowest BCUT2D eigenvalue weighted by Gasteiger charge is -2.23. The molecule has 0 N–H and O–H groups in total. The van der Waals surface area contributed by atoms with E-state index in [9.17, 15) is 4.79 Å². The van der Waals surface area contributed by atoms with Gasteiger partial charge in [0, 0.05) is 22.1 Å². The highest BCUT2D eigenvalue weighted by Crippen LogP contribution is 2.36. The number of carbonyl (C=O) groups excluding carboxylic acids is 1.